The summed E-state index contributed by atoms with van der Waals surface area (Å²) < 4.78 is 125. The van der Waals surface area contributed by atoms with Crippen molar-refractivity contribution >= 4 is 15.7 Å². The highest BCUT2D eigenvalue weighted by Gasteiger charge is 2.36. The number of ether oxygens (including phenoxy) is 1. The molecule has 0 atom stereocenters. The number of aromatic nitrogens is 1. The van der Waals surface area contributed by atoms with Crippen molar-refractivity contribution in [3.63, 3.8) is 0 Å². The number of halogens is 7. The highest BCUT2D eigenvalue weighted by atomic mass is 32.2. The summed E-state index contributed by atoms with van der Waals surface area (Å²) in [7, 11) is -4.62. The largest absolute Gasteiger partial charge is 0.486 e. The summed E-state index contributed by atoms with van der Waals surface area (Å²) in [4.78, 5) is 2.77. The minimum atomic E-state index is -4.80. The van der Waals surface area contributed by atoms with Crippen LogP contribution in [0.4, 0.5) is 36.4 Å². The van der Waals surface area contributed by atoms with Crippen LogP contribution in [0.1, 0.15) is 11.3 Å². The number of alkyl halides is 6. The summed E-state index contributed by atoms with van der Waals surface area (Å²) >= 11 is 0. The van der Waals surface area contributed by atoms with Crippen molar-refractivity contribution < 1.29 is 43.9 Å². The fourth-order valence-corrected chi connectivity index (χ4v) is 4.86. The van der Waals surface area contributed by atoms with Gasteiger partial charge in [-0.1, -0.05) is 12.1 Å². The van der Waals surface area contributed by atoms with Crippen molar-refractivity contribution in [1.82, 2.24) is 4.98 Å². The molecule has 0 N–H and O–H groups in total. The fraction of sp³-hybridized carbons (Fsp3) is 0.190. The molecule has 0 saturated heterocycles. The fourth-order valence-electron chi connectivity index (χ4n) is 3.37. The number of nitrogens with zero attached hydrogens (tertiary/aromatic N) is 2. The zero-order valence-electron chi connectivity index (χ0n) is 16.8. The van der Waals surface area contributed by atoms with Gasteiger partial charge < -0.3 is 4.74 Å². The molecule has 5 nitrogen and oxygen atoms in total. The molecule has 0 unspecified atom stereocenters. The SMILES string of the molecule is O=S(=O)(c1cccc(C(F)(F)F)c1)N1CCOc2c(F)cc(-c3cccc(C(F)(F)F)n3)cc21. The first-order chi connectivity index (χ1) is 15.8. The number of anilines is 1. The van der Waals surface area contributed by atoms with E-state index in [0.29, 0.717) is 22.5 Å². The number of sulfonamides is 1. The molecule has 2 heterocycles. The normalized spacial score (nSPS) is 14.5. The lowest BCUT2D eigenvalue weighted by atomic mass is 10.1. The Hall–Kier alpha value is -3.35. The van der Waals surface area contributed by atoms with Gasteiger partial charge in [-0.3, -0.25) is 4.31 Å². The summed E-state index contributed by atoms with van der Waals surface area (Å²) in [5.74, 6) is -1.58. The smallest absolute Gasteiger partial charge is 0.433 e. The van der Waals surface area contributed by atoms with Crippen LogP contribution in [0.3, 0.4) is 0 Å². The van der Waals surface area contributed by atoms with E-state index in [1.54, 1.807) is 0 Å². The second-order valence-corrected chi connectivity index (χ2v) is 9.03. The van der Waals surface area contributed by atoms with Crippen molar-refractivity contribution in [3.05, 3.63) is 71.7 Å². The van der Waals surface area contributed by atoms with Gasteiger partial charge in [0.05, 0.1) is 28.4 Å². The maximum Gasteiger partial charge on any atom is 0.433 e. The van der Waals surface area contributed by atoms with Gasteiger partial charge in [0, 0.05) is 5.56 Å². The van der Waals surface area contributed by atoms with Crippen molar-refractivity contribution in [3.8, 4) is 17.0 Å². The quantitative estimate of drug-likeness (QED) is 0.440. The molecule has 4 rings (SSSR count). The average Bonchev–Trinajstić information content (AvgIpc) is 2.77. The van der Waals surface area contributed by atoms with Crippen molar-refractivity contribution in [2.24, 2.45) is 0 Å². The number of fused-ring (bicyclic) bond motifs is 1. The highest BCUT2D eigenvalue weighted by Crippen LogP contribution is 2.41. The van der Waals surface area contributed by atoms with Gasteiger partial charge in [-0.05, 0) is 42.5 Å². The van der Waals surface area contributed by atoms with Crippen LogP contribution in [-0.2, 0) is 22.4 Å². The monoisotopic (exact) mass is 506 g/mol. The minimum absolute atomic E-state index is 0.183. The molecule has 0 spiro atoms. The van der Waals surface area contributed by atoms with Gasteiger partial charge in [0.15, 0.2) is 11.6 Å². The molecule has 2 aromatic carbocycles. The first-order valence-electron chi connectivity index (χ1n) is 9.49. The zero-order valence-corrected chi connectivity index (χ0v) is 17.6. The molecular weight excluding hydrogens is 493 g/mol. The minimum Gasteiger partial charge on any atom is -0.486 e. The molecule has 1 aliphatic rings. The van der Waals surface area contributed by atoms with E-state index in [2.05, 4.69) is 4.98 Å². The third-order valence-corrected chi connectivity index (χ3v) is 6.73. The van der Waals surface area contributed by atoms with Crippen LogP contribution in [0.2, 0.25) is 0 Å². The summed E-state index contributed by atoms with van der Waals surface area (Å²) in [5.41, 5.74) is -3.29. The summed E-state index contributed by atoms with van der Waals surface area (Å²) in [6.07, 6.45) is -9.58. The molecular formula is C21H13F7N2O3S. The van der Waals surface area contributed by atoms with E-state index in [0.717, 1.165) is 30.3 Å². The Kier molecular flexibility index (Phi) is 5.70. The van der Waals surface area contributed by atoms with Gasteiger partial charge in [0.25, 0.3) is 10.0 Å². The topological polar surface area (TPSA) is 59.5 Å². The van der Waals surface area contributed by atoms with Gasteiger partial charge in [-0.2, -0.15) is 26.3 Å². The Morgan fingerprint density at radius 1 is 0.912 bits per heavy atom. The first kappa shape index (κ1) is 23.8. The lowest BCUT2D eigenvalue weighted by Gasteiger charge is -2.31. The van der Waals surface area contributed by atoms with Crippen molar-refractivity contribution in [2.75, 3.05) is 17.5 Å². The number of rotatable bonds is 3. The molecule has 13 heteroatoms. The van der Waals surface area contributed by atoms with Gasteiger partial charge >= 0.3 is 12.4 Å². The molecule has 0 fully saturated rings. The van der Waals surface area contributed by atoms with E-state index >= 15 is 0 Å². The van der Waals surface area contributed by atoms with E-state index in [4.69, 9.17) is 4.74 Å². The van der Waals surface area contributed by atoms with Crippen LogP contribution in [0.5, 0.6) is 5.75 Å². The Balaban J connectivity index is 1.83. The van der Waals surface area contributed by atoms with Crippen LogP contribution in [0.25, 0.3) is 11.3 Å². The lowest BCUT2D eigenvalue weighted by Crippen LogP contribution is -2.38. The van der Waals surface area contributed by atoms with E-state index in [-0.39, 0.29) is 30.1 Å². The van der Waals surface area contributed by atoms with Crippen LogP contribution >= 0.6 is 0 Å². The second-order valence-electron chi connectivity index (χ2n) is 7.16. The summed E-state index contributed by atoms with van der Waals surface area (Å²) in [5, 5.41) is 0. The lowest BCUT2D eigenvalue weighted by molar-refractivity contribution is -0.141. The molecule has 0 amide bonds. The van der Waals surface area contributed by atoms with Crippen LogP contribution in [-0.4, -0.2) is 26.6 Å². The van der Waals surface area contributed by atoms with E-state index < -0.39 is 50.1 Å². The van der Waals surface area contributed by atoms with E-state index in [1.165, 1.54) is 6.07 Å². The van der Waals surface area contributed by atoms with E-state index in [1.807, 2.05) is 0 Å². The maximum atomic E-state index is 14.8. The predicted molar refractivity (Wildman–Crippen MR) is 106 cm³/mol. The molecule has 0 radical (unpaired) electrons. The third-order valence-electron chi connectivity index (χ3n) is 4.92. The molecule has 0 bridgehead atoms. The average molecular weight is 506 g/mol. The Bertz CT molecular complexity index is 1360. The van der Waals surface area contributed by atoms with Crippen LogP contribution in [0, 0.1) is 5.82 Å². The Labute approximate surface area is 188 Å². The number of hydrogen-bond donors (Lipinski definition) is 0. The molecule has 180 valence electrons. The first-order valence-corrected chi connectivity index (χ1v) is 10.9. The molecule has 3 aromatic rings. The highest BCUT2D eigenvalue weighted by molar-refractivity contribution is 7.92. The van der Waals surface area contributed by atoms with Gasteiger partial charge in [-0.25, -0.2) is 17.8 Å². The zero-order chi connectivity index (χ0) is 24.9. The molecule has 0 saturated carbocycles. The maximum absolute atomic E-state index is 14.8. The molecule has 1 aliphatic heterocycles. The van der Waals surface area contributed by atoms with Crippen molar-refractivity contribution in [1.29, 1.82) is 0 Å². The molecule has 34 heavy (non-hydrogen) atoms. The predicted octanol–water partition coefficient (Wildman–Crippen LogP) is 5.51. The summed E-state index contributed by atoms with van der Waals surface area (Å²) in [6.45, 7) is -0.673. The standard InChI is InChI=1S/C21H13F7N2O3S/c22-15-9-12(16-5-2-6-18(29-16)21(26,27)28)10-17-19(15)33-8-7-30(17)34(31,32)14-4-1-3-13(11-14)20(23,24)25/h1-6,9-11H,7-8H2. The second kappa shape index (κ2) is 8.15. The van der Waals surface area contributed by atoms with E-state index in [9.17, 15) is 39.2 Å². The molecule has 0 aliphatic carbocycles. The van der Waals surface area contributed by atoms with Crippen LogP contribution < -0.4 is 9.04 Å². The van der Waals surface area contributed by atoms with Crippen molar-refractivity contribution in [2.45, 2.75) is 17.2 Å². The third kappa shape index (κ3) is 4.39. The number of hydrogen-bond acceptors (Lipinski definition) is 4. The summed E-state index contributed by atoms with van der Waals surface area (Å²) in [6, 6.07) is 7.85. The van der Waals surface area contributed by atoms with Gasteiger partial charge in [0.1, 0.15) is 12.3 Å². The Morgan fingerprint density at radius 2 is 1.62 bits per heavy atom. The van der Waals surface area contributed by atoms with Crippen LogP contribution in [0.15, 0.2) is 59.5 Å². The number of pyridine rings is 1. The Morgan fingerprint density at radius 3 is 2.29 bits per heavy atom. The van der Waals surface area contributed by atoms with Gasteiger partial charge in [0.2, 0.25) is 0 Å². The molecule has 1 aromatic heterocycles. The van der Waals surface area contributed by atoms with Gasteiger partial charge in [-0.15, -0.1) is 0 Å². The number of benzene rings is 2.